The molecule has 0 radical (unpaired) electrons. The number of halogens is 3. The van der Waals surface area contributed by atoms with E-state index in [0.717, 1.165) is 6.07 Å². The zero-order valence-corrected chi connectivity index (χ0v) is 21.1. The van der Waals surface area contributed by atoms with Gasteiger partial charge in [0.25, 0.3) is 0 Å². The molecule has 0 fully saturated rings. The second kappa shape index (κ2) is 11.6. The molecule has 2 aromatic carbocycles. The molecule has 0 saturated carbocycles. The van der Waals surface area contributed by atoms with Crippen molar-refractivity contribution in [1.29, 1.82) is 0 Å². The van der Waals surface area contributed by atoms with Crippen LogP contribution in [0.2, 0.25) is 0 Å². The number of hydrogen-bond donors (Lipinski definition) is 3. The molecule has 1 aromatic heterocycles. The molecule has 13 heteroatoms. The highest BCUT2D eigenvalue weighted by Gasteiger charge is 2.34. The Morgan fingerprint density at radius 2 is 1.84 bits per heavy atom. The minimum atomic E-state index is -4.59. The van der Waals surface area contributed by atoms with Gasteiger partial charge in [-0.3, -0.25) is 0 Å². The average Bonchev–Trinajstić information content (AvgIpc) is 2.84. The number of amides is 1. The molecular formula is C24H26F3N5O4S. The third kappa shape index (κ3) is 7.17. The van der Waals surface area contributed by atoms with Crippen LogP contribution in [0.25, 0.3) is 11.1 Å². The monoisotopic (exact) mass is 537 g/mol. The standard InChI is InChI=1S/C24H26F3N5O4S/c1-4-36-23(34)32-37(3,35)17-11-9-16(10-12-17)30-22-28-13-19(21(31-22)29-15(2)14-33)18-7-5-6-8-20(18)24(25,26)27/h5-13,15,33H,4,14H2,1-3H3,(H2,28,29,30,31)/t15-,37?/m1/s1. The summed E-state index contributed by atoms with van der Waals surface area (Å²) in [7, 11) is -3.03. The Morgan fingerprint density at radius 3 is 2.46 bits per heavy atom. The van der Waals surface area contributed by atoms with Crippen molar-refractivity contribution in [2.45, 2.75) is 31.0 Å². The Labute approximate surface area is 212 Å². The summed E-state index contributed by atoms with van der Waals surface area (Å²) < 4.78 is 61.9. The van der Waals surface area contributed by atoms with Gasteiger partial charge in [-0.15, -0.1) is 4.36 Å². The van der Waals surface area contributed by atoms with Gasteiger partial charge in [0, 0.05) is 34.6 Å². The first kappa shape index (κ1) is 27.9. The molecule has 0 spiro atoms. The van der Waals surface area contributed by atoms with Crippen LogP contribution in [0.3, 0.4) is 0 Å². The lowest BCUT2D eigenvalue weighted by molar-refractivity contribution is -0.137. The van der Waals surface area contributed by atoms with Gasteiger partial charge < -0.3 is 20.5 Å². The van der Waals surface area contributed by atoms with Gasteiger partial charge in [-0.2, -0.15) is 18.2 Å². The predicted octanol–water partition coefficient (Wildman–Crippen LogP) is 5.31. The maximum atomic E-state index is 13.6. The van der Waals surface area contributed by atoms with E-state index in [1.165, 1.54) is 42.8 Å². The lowest BCUT2D eigenvalue weighted by Crippen LogP contribution is -2.21. The maximum Gasteiger partial charge on any atom is 0.442 e. The normalized spacial score (nSPS) is 13.8. The van der Waals surface area contributed by atoms with Crippen molar-refractivity contribution < 1.29 is 32.0 Å². The molecule has 2 atom stereocenters. The van der Waals surface area contributed by atoms with Gasteiger partial charge in [-0.1, -0.05) is 18.2 Å². The topological polar surface area (TPSA) is 126 Å². The molecule has 1 unspecified atom stereocenters. The number of anilines is 3. The zero-order valence-electron chi connectivity index (χ0n) is 20.2. The molecule has 1 heterocycles. The minimum Gasteiger partial charge on any atom is -0.448 e. The van der Waals surface area contributed by atoms with Gasteiger partial charge in [0.1, 0.15) is 5.82 Å². The van der Waals surface area contributed by atoms with Crippen molar-refractivity contribution in [2.24, 2.45) is 4.36 Å². The van der Waals surface area contributed by atoms with Crippen LogP contribution in [0, 0.1) is 0 Å². The van der Waals surface area contributed by atoms with E-state index in [2.05, 4.69) is 25.0 Å². The number of aliphatic hydroxyl groups excluding tert-OH is 1. The second-order valence-corrected chi connectivity index (χ2v) is 10.2. The lowest BCUT2D eigenvalue weighted by Gasteiger charge is -2.19. The molecule has 0 aliphatic rings. The molecule has 0 aliphatic heterocycles. The summed E-state index contributed by atoms with van der Waals surface area (Å²) in [6.45, 7) is 3.09. The molecule has 3 rings (SSSR count). The van der Waals surface area contributed by atoms with E-state index in [0.29, 0.717) is 10.6 Å². The highest BCUT2D eigenvalue weighted by atomic mass is 32.2. The number of nitrogens with zero attached hydrogens (tertiary/aromatic N) is 3. The van der Waals surface area contributed by atoms with Crippen LogP contribution in [-0.2, 0) is 20.6 Å². The van der Waals surface area contributed by atoms with E-state index in [-0.39, 0.29) is 36.1 Å². The number of aliphatic hydroxyl groups is 1. The van der Waals surface area contributed by atoms with E-state index in [9.17, 15) is 27.3 Å². The van der Waals surface area contributed by atoms with Gasteiger partial charge in [0.2, 0.25) is 5.95 Å². The number of hydrogen-bond acceptors (Lipinski definition) is 8. The summed E-state index contributed by atoms with van der Waals surface area (Å²) in [4.78, 5) is 20.4. The van der Waals surface area contributed by atoms with Crippen LogP contribution in [0.15, 0.2) is 64.0 Å². The molecule has 37 heavy (non-hydrogen) atoms. The Balaban J connectivity index is 1.94. The summed E-state index contributed by atoms with van der Waals surface area (Å²) in [5.74, 6) is 0.166. The molecule has 0 aliphatic carbocycles. The summed E-state index contributed by atoms with van der Waals surface area (Å²) in [5, 5.41) is 15.3. The second-order valence-electron chi connectivity index (χ2n) is 7.97. The van der Waals surface area contributed by atoms with E-state index >= 15 is 0 Å². The van der Waals surface area contributed by atoms with Gasteiger partial charge in [-0.25, -0.2) is 14.0 Å². The van der Waals surface area contributed by atoms with Gasteiger partial charge in [-0.05, 0) is 49.7 Å². The number of alkyl halides is 3. The van der Waals surface area contributed by atoms with Crippen LogP contribution < -0.4 is 10.6 Å². The minimum absolute atomic E-state index is 0.0714. The molecular weight excluding hydrogens is 511 g/mol. The summed E-state index contributed by atoms with van der Waals surface area (Å²) in [5.41, 5.74) is -0.354. The first-order valence-electron chi connectivity index (χ1n) is 11.1. The molecule has 0 saturated heterocycles. The van der Waals surface area contributed by atoms with Crippen molar-refractivity contribution in [1.82, 2.24) is 9.97 Å². The number of ether oxygens (including phenoxy) is 1. The highest BCUT2D eigenvalue weighted by Crippen LogP contribution is 2.39. The molecule has 3 aromatic rings. The Kier molecular flexibility index (Phi) is 8.71. The Bertz CT molecular complexity index is 1370. The number of aromatic nitrogens is 2. The third-order valence-electron chi connectivity index (χ3n) is 5.03. The third-order valence-corrected chi connectivity index (χ3v) is 6.68. The predicted molar refractivity (Wildman–Crippen MR) is 134 cm³/mol. The zero-order chi connectivity index (χ0) is 27.2. The maximum absolute atomic E-state index is 13.6. The fraction of sp³-hybridized carbons (Fsp3) is 0.292. The average molecular weight is 538 g/mol. The van der Waals surface area contributed by atoms with E-state index in [1.54, 1.807) is 26.0 Å². The van der Waals surface area contributed by atoms with E-state index < -0.39 is 33.6 Å². The first-order valence-corrected chi connectivity index (χ1v) is 13.0. The van der Waals surface area contributed by atoms with Crippen LogP contribution in [0.5, 0.6) is 0 Å². The van der Waals surface area contributed by atoms with Crippen molar-refractivity contribution in [3.05, 3.63) is 60.3 Å². The highest BCUT2D eigenvalue weighted by molar-refractivity contribution is 7.93. The quantitative estimate of drug-likeness (QED) is 0.353. The molecule has 198 valence electrons. The SMILES string of the molecule is CCOC(=O)N=S(C)(=O)c1ccc(Nc2ncc(-c3ccccc3C(F)(F)F)c(N[C@H](C)CO)n2)cc1. The summed E-state index contributed by atoms with van der Waals surface area (Å²) in [6, 6.07) is 10.7. The van der Waals surface area contributed by atoms with Gasteiger partial charge >= 0.3 is 12.3 Å². The first-order chi connectivity index (χ1) is 17.4. The number of rotatable bonds is 8. The number of nitrogens with one attached hydrogen (secondary N) is 2. The molecule has 9 nitrogen and oxygen atoms in total. The van der Waals surface area contributed by atoms with Crippen molar-refractivity contribution in [3.8, 4) is 11.1 Å². The van der Waals surface area contributed by atoms with Crippen LogP contribution >= 0.6 is 0 Å². The number of benzene rings is 2. The molecule has 0 bridgehead atoms. The Hall–Kier alpha value is -3.71. The summed E-state index contributed by atoms with van der Waals surface area (Å²) >= 11 is 0. The van der Waals surface area contributed by atoms with Crippen molar-refractivity contribution in [3.63, 3.8) is 0 Å². The Morgan fingerprint density at radius 1 is 1.16 bits per heavy atom. The molecule has 3 N–H and O–H groups in total. The van der Waals surface area contributed by atoms with Crippen LogP contribution in [0.4, 0.5) is 35.4 Å². The van der Waals surface area contributed by atoms with Gasteiger partial charge in [0.05, 0.1) is 28.5 Å². The fourth-order valence-electron chi connectivity index (χ4n) is 3.26. The smallest absolute Gasteiger partial charge is 0.442 e. The van der Waals surface area contributed by atoms with Crippen LogP contribution in [-0.4, -0.2) is 50.9 Å². The van der Waals surface area contributed by atoms with Crippen LogP contribution in [0.1, 0.15) is 19.4 Å². The largest absolute Gasteiger partial charge is 0.448 e. The summed E-state index contributed by atoms with van der Waals surface area (Å²) in [6.07, 6.45) is -2.94. The van der Waals surface area contributed by atoms with E-state index in [4.69, 9.17) is 4.74 Å². The fourth-order valence-corrected chi connectivity index (χ4v) is 4.34. The lowest BCUT2D eigenvalue weighted by atomic mass is 10.0. The van der Waals surface area contributed by atoms with Crippen molar-refractivity contribution >= 4 is 33.3 Å². The number of carbonyl (C=O) groups is 1. The number of carbonyl (C=O) groups excluding carboxylic acids is 1. The van der Waals surface area contributed by atoms with Crippen molar-refractivity contribution in [2.75, 3.05) is 30.1 Å². The van der Waals surface area contributed by atoms with E-state index in [1.807, 2.05) is 0 Å². The molecule has 1 amide bonds. The van der Waals surface area contributed by atoms with Gasteiger partial charge in [0.15, 0.2) is 0 Å².